The summed E-state index contributed by atoms with van der Waals surface area (Å²) in [6, 6.07) is 4.59. The van der Waals surface area contributed by atoms with E-state index in [4.69, 9.17) is 9.47 Å². The molecule has 0 radical (unpaired) electrons. The summed E-state index contributed by atoms with van der Waals surface area (Å²) in [5.41, 5.74) is -0.808. The average Bonchev–Trinajstić information content (AvgIpc) is 3.05. The van der Waals surface area contributed by atoms with Crippen LogP contribution in [0.1, 0.15) is 38.0 Å². The van der Waals surface area contributed by atoms with Crippen LogP contribution in [0.5, 0.6) is 0 Å². The largest absolute Gasteiger partial charge is 0.458 e. The lowest BCUT2D eigenvalue weighted by atomic mass is 10.1. The molecule has 1 fully saturated rings. The van der Waals surface area contributed by atoms with E-state index in [1.807, 2.05) is 0 Å². The number of rotatable bonds is 2. The Bertz CT molecular complexity index is 500. The molecule has 110 valence electrons. The predicted octanol–water partition coefficient (Wildman–Crippen LogP) is 3.49. The summed E-state index contributed by atoms with van der Waals surface area (Å²) in [7, 11) is 0. The number of hydrogen-bond donors (Lipinski definition) is 0. The third-order valence-electron chi connectivity index (χ3n) is 2.70. The van der Waals surface area contributed by atoms with Crippen molar-refractivity contribution in [2.24, 2.45) is 0 Å². The maximum Gasteiger partial charge on any atom is 0.416 e. The van der Waals surface area contributed by atoms with E-state index in [0.717, 1.165) is 12.1 Å². The van der Waals surface area contributed by atoms with Crippen molar-refractivity contribution in [3.05, 3.63) is 35.4 Å². The maximum atomic E-state index is 12.4. The van der Waals surface area contributed by atoms with Crippen LogP contribution >= 0.6 is 0 Å². The van der Waals surface area contributed by atoms with Gasteiger partial charge in [-0.3, -0.25) is 0 Å². The van der Waals surface area contributed by atoms with Crippen molar-refractivity contribution < 1.29 is 27.4 Å². The van der Waals surface area contributed by atoms with Gasteiger partial charge in [-0.05, 0) is 38.5 Å². The van der Waals surface area contributed by atoms with Gasteiger partial charge < -0.3 is 9.47 Å². The molecule has 0 spiro atoms. The third-order valence-corrected chi connectivity index (χ3v) is 2.70. The summed E-state index contributed by atoms with van der Waals surface area (Å²) in [6.45, 7) is 5.21. The molecule has 0 N–H and O–H groups in total. The highest BCUT2D eigenvalue weighted by Gasteiger charge is 2.48. The molecular formula is C14H15F3O3. The fraction of sp³-hybridized carbons (Fsp3) is 0.500. The molecule has 0 bridgehead atoms. The van der Waals surface area contributed by atoms with E-state index in [0.29, 0.717) is 5.56 Å². The minimum Gasteiger partial charge on any atom is -0.458 e. The number of hydrogen-bond acceptors (Lipinski definition) is 3. The van der Waals surface area contributed by atoms with Gasteiger partial charge in [0.05, 0.1) is 5.56 Å². The van der Waals surface area contributed by atoms with Crippen molar-refractivity contribution in [2.45, 2.75) is 44.8 Å². The fourth-order valence-electron chi connectivity index (χ4n) is 1.77. The van der Waals surface area contributed by atoms with Gasteiger partial charge >= 0.3 is 12.1 Å². The normalized spacial score (nSPS) is 22.5. The number of benzene rings is 1. The number of alkyl halides is 3. The van der Waals surface area contributed by atoms with Crippen LogP contribution in [0, 0.1) is 0 Å². The Labute approximate surface area is 114 Å². The molecule has 1 aromatic rings. The van der Waals surface area contributed by atoms with Crippen LogP contribution in [0.15, 0.2) is 24.3 Å². The molecule has 1 aliphatic heterocycles. The van der Waals surface area contributed by atoms with Crippen molar-refractivity contribution >= 4 is 5.97 Å². The van der Waals surface area contributed by atoms with Crippen molar-refractivity contribution in [1.82, 2.24) is 0 Å². The third kappa shape index (κ3) is 3.50. The highest BCUT2D eigenvalue weighted by atomic mass is 19.4. The van der Waals surface area contributed by atoms with Gasteiger partial charge in [0.2, 0.25) is 0 Å². The van der Waals surface area contributed by atoms with Crippen molar-refractivity contribution in [1.29, 1.82) is 0 Å². The zero-order chi connectivity index (χ0) is 15.1. The number of carbonyl (C=O) groups is 1. The SMILES string of the molecule is CC(C)(C)OC(=O)[C@H]1O[C@H]1c1ccc(C(F)(F)F)cc1. The van der Waals surface area contributed by atoms with E-state index in [1.54, 1.807) is 20.8 Å². The minimum atomic E-state index is -4.37. The van der Waals surface area contributed by atoms with E-state index >= 15 is 0 Å². The lowest BCUT2D eigenvalue weighted by Crippen LogP contribution is -2.26. The number of halogens is 3. The highest BCUT2D eigenvalue weighted by molar-refractivity contribution is 5.78. The van der Waals surface area contributed by atoms with Crippen molar-refractivity contribution in [2.75, 3.05) is 0 Å². The fourth-order valence-corrected chi connectivity index (χ4v) is 1.77. The molecular weight excluding hydrogens is 273 g/mol. The van der Waals surface area contributed by atoms with Gasteiger partial charge in [-0.2, -0.15) is 13.2 Å². The Balaban J connectivity index is 2.00. The molecule has 2 atom stereocenters. The van der Waals surface area contributed by atoms with Crippen LogP contribution in [0.2, 0.25) is 0 Å². The van der Waals surface area contributed by atoms with Crippen LogP contribution < -0.4 is 0 Å². The second-order valence-electron chi connectivity index (χ2n) is 5.63. The van der Waals surface area contributed by atoms with Crippen LogP contribution in [0.25, 0.3) is 0 Å². The lowest BCUT2D eigenvalue weighted by Gasteiger charge is -2.18. The van der Waals surface area contributed by atoms with Gasteiger partial charge in [-0.15, -0.1) is 0 Å². The lowest BCUT2D eigenvalue weighted by molar-refractivity contribution is -0.156. The molecule has 0 aliphatic carbocycles. The Morgan fingerprint density at radius 1 is 1.15 bits per heavy atom. The standard InChI is InChI=1S/C14H15F3O3/c1-13(2,3)20-12(18)11-10(19-11)8-4-6-9(7-5-8)14(15,16)17/h4-7,10-11H,1-3H3/t10-,11-/m0/s1. The predicted molar refractivity (Wildman–Crippen MR) is 64.9 cm³/mol. The van der Waals surface area contributed by atoms with Gasteiger partial charge in [0, 0.05) is 0 Å². The molecule has 1 heterocycles. The van der Waals surface area contributed by atoms with Gasteiger partial charge in [-0.25, -0.2) is 4.79 Å². The van der Waals surface area contributed by atoms with E-state index in [2.05, 4.69) is 0 Å². The van der Waals surface area contributed by atoms with E-state index in [9.17, 15) is 18.0 Å². The summed E-state index contributed by atoms with van der Waals surface area (Å²) in [5.74, 6) is -0.498. The van der Waals surface area contributed by atoms with Gasteiger partial charge in [0.25, 0.3) is 0 Å². The van der Waals surface area contributed by atoms with Crippen LogP contribution in [-0.4, -0.2) is 17.7 Å². The quantitative estimate of drug-likeness (QED) is 0.617. The molecule has 0 amide bonds. The smallest absolute Gasteiger partial charge is 0.416 e. The number of esters is 1. The molecule has 1 saturated heterocycles. The van der Waals surface area contributed by atoms with Crippen LogP contribution in [0.3, 0.4) is 0 Å². The summed E-state index contributed by atoms with van der Waals surface area (Å²) in [6.07, 6.45) is -5.62. The first-order chi connectivity index (χ1) is 9.08. The Kier molecular flexibility index (Phi) is 3.54. The summed E-state index contributed by atoms with van der Waals surface area (Å²) in [4.78, 5) is 11.7. The summed E-state index contributed by atoms with van der Waals surface area (Å²) in [5, 5.41) is 0. The van der Waals surface area contributed by atoms with Gasteiger partial charge in [-0.1, -0.05) is 12.1 Å². The summed E-state index contributed by atoms with van der Waals surface area (Å²) < 4.78 is 47.6. The Morgan fingerprint density at radius 2 is 1.70 bits per heavy atom. The molecule has 20 heavy (non-hydrogen) atoms. The second kappa shape index (κ2) is 4.77. The first-order valence-electron chi connectivity index (χ1n) is 6.13. The van der Waals surface area contributed by atoms with Crippen molar-refractivity contribution in [3.63, 3.8) is 0 Å². The zero-order valence-electron chi connectivity index (χ0n) is 11.3. The van der Waals surface area contributed by atoms with E-state index in [-0.39, 0.29) is 0 Å². The summed E-state index contributed by atoms with van der Waals surface area (Å²) >= 11 is 0. The molecule has 0 saturated carbocycles. The Morgan fingerprint density at radius 3 is 2.15 bits per heavy atom. The maximum absolute atomic E-state index is 12.4. The van der Waals surface area contributed by atoms with Crippen molar-refractivity contribution in [3.8, 4) is 0 Å². The van der Waals surface area contributed by atoms with Crippen LogP contribution in [0.4, 0.5) is 13.2 Å². The van der Waals surface area contributed by atoms with Gasteiger partial charge in [0.15, 0.2) is 6.10 Å². The average molecular weight is 288 g/mol. The first kappa shape index (κ1) is 14.8. The topological polar surface area (TPSA) is 38.8 Å². The minimum absolute atomic E-state index is 0.498. The van der Waals surface area contributed by atoms with E-state index < -0.39 is 35.5 Å². The molecule has 1 aromatic carbocycles. The first-order valence-corrected chi connectivity index (χ1v) is 6.13. The molecule has 0 unspecified atom stereocenters. The molecule has 6 heteroatoms. The molecule has 0 aromatic heterocycles. The van der Waals surface area contributed by atoms with Gasteiger partial charge in [0.1, 0.15) is 11.7 Å². The number of ether oxygens (including phenoxy) is 2. The Hall–Kier alpha value is -1.56. The zero-order valence-corrected chi connectivity index (χ0v) is 11.3. The molecule has 1 aliphatic rings. The highest BCUT2D eigenvalue weighted by Crippen LogP contribution is 2.41. The second-order valence-corrected chi connectivity index (χ2v) is 5.63. The van der Waals surface area contributed by atoms with E-state index in [1.165, 1.54) is 12.1 Å². The number of carbonyl (C=O) groups excluding carboxylic acids is 1. The monoisotopic (exact) mass is 288 g/mol. The molecule has 2 rings (SSSR count). The van der Waals surface area contributed by atoms with Crippen LogP contribution in [-0.2, 0) is 20.4 Å². The molecule has 3 nitrogen and oxygen atoms in total. The number of epoxide rings is 1.